The third kappa shape index (κ3) is 9.82. The molecule has 0 aromatic heterocycles. The van der Waals surface area contributed by atoms with Crippen LogP contribution in [-0.4, -0.2) is 32.5 Å². The van der Waals surface area contributed by atoms with Crippen LogP contribution in [0.1, 0.15) is 33.1 Å². The molecule has 0 saturated heterocycles. The number of rotatable bonds is 8. The molecule has 17 heavy (non-hydrogen) atoms. The van der Waals surface area contributed by atoms with Crippen molar-refractivity contribution in [1.82, 2.24) is 0 Å². The molecule has 0 N–H and O–H groups in total. The van der Waals surface area contributed by atoms with E-state index in [2.05, 4.69) is 0 Å². The van der Waals surface area contributed by atoms with Gasteiger partial charge in [-0.15, -0.1) is 0 Å². The van der Waals surface area contributed by atoms with Gasteiger partial charge in [0.2, 0.25) is 0 Å². The van der Waals surface area contributed by atoms with Gasteiger partial charge in [-0.3, -0.25) is 4.79 Å². The Morgan fingerprint density at radius 2 is 2.06 bits per heavy atom. The number of nitriles is 1. The maximum absolute atomic E-state index is 11.4. The van der Waals surface area contributed by atoms with Crippen LogP contribution in [0, 0.1) is 17.2 Å². The Bertz CT molecular complexity index is 367. The van der Waals surface area contributed by atoms with Gasteiger partial charge in [-0.25, -0.2) is 8.42 Å². The molecule has 0 aliphatic heterocycles. The summed E-state index contributed by atoms with van der Waals surface area (Å²) in [6.07, 6.45) is 1.17. The fourth-order valence-electron chi connectivity index (χ4n) is 1.07. The Balaban J connectivity index is 3.90. The topological polar surface area (TPSA) is 84.2 Å². The van der Waals surface area contributed by atoms with Gasteiger partial charge < -0.3 is 4.74 Å². The monoisotopic (exact) mass is 261 g/mol. The Morgan fingerprint density at radius 1 is 1.41 bits per heavy atom. The van der Waals surface area contributed by atoms with Crippen molar-refractivity contribution in [2.24, 2.45) is 5.92 Å². The van der Waals surface area contributed by atoms with Gasteiger partial charge in [0.25, 0.3) is 0 Å². The lowest BCUT2D eigenvalue weighted by Crippen LogP contribution is -2.21. The van der Waals surface area contributed by atoms with Gasteiger partial charge in [0.1, 0.15) is 5.75 Å². The number of hydrogen-bond donors (Lipinski definition) is 0. The largest absolute Gasteiger partial charge is 0.465 e. The van der Waals surface area contributed by atoms with Gasteiger partial charge in [-0.1, -0.05) is 13.8 Å². The summed E-state index contributed by atoms with van der Waals surface area (Å²) >= 11 is 0. The van der Waals surface area contributed by atoms with Crippen molar-refractivity contribution < 1.29 is 17.9 Å². The highest BCUT2D eigenvalue weighted by Gasteiger charge is 2.17. The highest BCUT2D eigenvalue weighted by atomic mass is 32.2. The van der Waals surface area contributed by atoms with Crippen LogP contribution >= 0.6 is 0 Å². The van der Waals surface area contributed by atoms with Gasteiger partial charge in [0.05, 0.1) is 18.4 Å². The Morgan fingerprint density at radius 3 is 2.59 bits per heavy atom. The van der Waals surface area contributed by atoms with Crippen LogP contribution in [0.15, 0.2) is 0 Å². The average Bonchev–Trinajstić information content (AvgIpc) is 2.16. The summed E-state index contributed by atoms with van der Waals surface area (Å²) in [5, 5.41) is 8.28. The van der Waals surface area contributed by atoms with Gasteiger partial charge in [0, 0.05) is 6.42 Å². The first-order valence-electron chi connectivity index (χ1n) is 5.60. The Hall–Kier alpha value is -1.09. The third-order valence-electron chi connectivity index (χ3n) is 2.04. The number of sulfone groups is 1. The third-order valence-corrected chi connectivity index (χ3v) is 3.63. The standard InChI is InChI=1S/C11H19NO4S/c1-10(2)5-7-16-11(13)9-17(14,15)8-4-3-6-12/h10H,3-5,7-9H2,1-2H3. The fourth-order valence-corrected chi connectivity index (χ4v) is 2.24. The van der Waals surface area contributed by atoms with Crippen LogP contribution in [-0.2, 0) is 19.4 Å². The van der Waals surface area contributed by atoms with Crippen LogP contribution in [0.2, 0.25) is 0 Å². The molecular formula is C11H19NO4S. The van der Waals surface area contributed by atoms with Gasteiger partial charge in [-0.05, 0) is 18.8 Å². The second-order valence-electron chi connectivity index (χ2n) is 4.26. The zero-order valence-corrected chi connectivity index (χ0v) is 11.1. The molecule has 98 valence electrons. The molecule has 0 rings (SSSR count). The van der Waals surface area contributed by atoms with Gasteiger partial charge in [-0.2, -0.15) is 5.26 Å². The van der Waals surface area contributed by atoms with E-state index in [0.717, 1.165) is 6.42 Å². The van der Waals surface area contributed by atoms with E-state index in [-0.39, 0.29) is 25.2 Å². The minimum atomic E-state index is -3.43. The van der Waals surface area contributed by atoms with Gasteiger partial charge >= 0.3 is 5.97 Å². The van der Waals surface area contributed by atoms with Gasteiger partial charge in [0.15, 0.2) is 9.84 Å². The summed E-state index contributed by atoms with van der Waals surface area (Å²) in [6.45, 7) is 4.24. The molecule has 0 unspecified atom stereocenters. The minimum Gasteiger partial charge on any atom is -0.465 e. The molecule has 5 nitrogen and oxygen atoms in total. The van der Waals surface area contributed by atoms with E-state index < -0.39 is 21.6 Å². The summed E-state index contributed by atoms with van der Waals surface area (Å²) in [5.41, 5.74) is 0. The van der Waals surface area contributed by atoms with E-state index in [1.165, 1.54) is 0 Å². The lowest BCUT2D eigenvalue weighted by molar-refractivity contribution is -0.140. The predicted octanol–water partition coefficient (Wildman–Crippen LogP) is 1.29. The number of carbonyl (C=O) groups is 1. The number of esters is 1. The zero-order chi connectivity index (χ0) is 13.3. The SMILES string of the molecule is CC(C)CCOC(=O)CS(=O)(=O)CCCC#N. The number of unbranched alkanes of at least 4 members (excludes halogenated alkanes) is 1. The number of carbonyl (C=O) groups excluding carboxylic acids is 1. The maximum Gasteiger partial charge on any atom is 0.321 e. The molecule has 6 heteroatoms. The minimum absolute atomic E-state index is 0.139. The molecular weight excluding hydrogens is 242 g/mol. The number of nitrogens with zero attached hydrogens (tertiary/aromatic N) is 1. The summed E-state index contributed by atoms with van der Waals surface area (Å²) in [5.74, 6) is -1.02. The van der Waals surface area contributed by atoms with Crippen LogP contribution in [0.5, 0.6) is 0 Å². The first-order chi connectivity index (χ1) is 7.87. The van der Waals surface area contributed by atoms with Crippen LogP contribution in [0.4, 0.5) is 0 Å². The Labute approximate surface area is 103 Å². The predicted molar refractivity (Wildman–Crippen MR) is 63.9 cm³/mol. The van der Waals surface area contributed by atoms with Crippen molar-refractivity contribution in [2.75, 3.05) is 18.1 Å². The average molecular weight is 261 g/mol. The van der Waals surface area contributed by atoms with Crippen molar-refractivity contribution in [3.63, 3.8) is 0 Å². The molecule has 0 spiro atoms. The molecule has 0 aliphatic rings. The summed E-state index contributed by atoms with van der Waals surface area (Å²) in [6, 6.07) is 1.86. The van der Waals surface area contributed by atoms with Crippen LogP contribution in [0.25, 0.3) is 0 Å². The first kappa shape index (κ1) is 15.9. The lowest BCUT2D eigenvalue weighted by atomic mass is 10.1. The maximum atomic E-state index is 11.4. The molecule has 0 aromatic carbocycles. The molecule has 0 fully saturated rings. The fraction of sp³-hybridized carbons (Fsp3) is 0.818. The molecule has 0 heterocycles. The van der Waals surface area contributed by atoms with Crippen molar-refractivity contribution in [3.05, 3.63) is 0 Å². The normalized spacial score (nSPS) is 11.2. The molecule has 0 amide bonds. The van der Waals surface area contributed by atoms with Crippen LogP contribution < -0.4 is 0 Å². The van der Waals surface area contributed by atoms with E-state index in [9.17, 15) is 13.2 Å². The van der Waals surface area contributed by atoms with E-state index in [1.54, 1.807) is 0 Å². The van der Waals surface area contributed by atoms with Crippen molar-refractivity contribution in [2.45, 2.75) is 33.1 Å². The van der Waals surface area contributed by atoms with Crippen molar-refractivity contribution in [1.29, 1.82) is 5.26 Å². The highest BCUT2D eigenvalue weighted by molar-refractivity contribution is 7.92. The summed E-state index contributed by atoms with van der Waals surface area (Å²) < 4.78 is 27.6. The van der Waals surface area contributed by atoms with Crippen molar-refractivity contribution in [3.8, 4) is 6.07 Å². The smallest absolute Gasteiger partial charge is 0.321 e. The molecule has 0 aromatic rings. The second-order valence-corrected chi connectivity index (χ2v) is 6.44. The van der Waals surface area contributed by atoms with E-state index in [1.807, 2.05) is 19.9 Å². The molecule has 0 atom stereocenters. The van der Waals surface area contributed by atoms with Crippen molar-refractivity contribution >= 4 is 15.8 Å². The molecule has 0 aliphatic carbocycles. The molecule has 0 radical (unpaired) electrons. The summed E-state index contributed by atoms with van der Waals surface area (Å²) in [4.78, 5) is 11.2. The summed E-state index contributed by atoms with van der Waals surface area (Å²) in [7, 11) is -3.43. The molecule has 0 bridgehead atoms. The number of hydrogen-bond acceptors (Lipinski definition) is 5. The molecule has 0 saturated carbocycles. The number of ether oxygens (including phenoxy) is 1. The van der Waals surface area contributed by atoms with E-state index in [0.29, 0.717) is 5.92 Å². The second kappa shape index (κ2) is 8.07. The lowest BCUT2D eigenvalue weighted by Gasteiger charge is -2.07. The van der Waals surface area contributed by atoms with E-state index >= 15 is 0 Å². The quantitative estimate of drug-likeness (QED) is 0.485. The zero-order valence-electron chi connectivity index (χ0n) is 10.3. The highest BCUT2D eigenvalue weighted by Crippen LogP contribution is 2.01. The van der Waals surface area contributed by atoms with Crippen LogP contribution in [0.3, 0.4) is 0 Å². The van der Waals surface area contributed by atoms with E-state index in [4.69, 9.17) is 10.00 Å². The first-order valence-corrected chi connectivity index (χ1v) is 7.42. The Kier molecular flexibility index (Phi) is 7.55.